The van der Waals surface area contributed by atoms with E-state index in [-0.39, 0.29) is 29.9 Å². The van der Waals surface area contributed by atoms with Crippen molar-refractivity contribution in [2.24, 2.45) is 5.41 Å². The van der Waals surface area contributed by atoms with E-state index >= 15 is 0 Å². The zero-order valence-corrected chi connectivity index (χ0v) is 11.6. The molecule has 2 atom stereocenters. The van der Waals surface area contributed by atoms with E-state index in [9.17, 15) is 18.7 Å². The predicted octanol–water partition coefficient (Wildman–Crippen LogP) is 2.17. The first-order valence-corrected chi connectivity index (χ1v) is 6.72. The summed E-state index contributed by atoms with van der Waals surface area (Å²) in [6.45, 7) is 3.81. The maximum absolute atomic E-state index is 13.0. The highest BCUT2D eigenvalue weighted by molar-refractivity contribution is 5.76. The van der Waals surface area contributed by atoms with Crippen molar-refractivity contribution >= 4 is 5.91 Å². The number of amides is 1. The molecule has 2 rings (SSSR count). The van der Waals surface area contributed by atoms with Crippen molar-refractivity contribution in [1.82, 2.24) is 5.32 Å². The average molecular weight is 283 g/mol. The molecule has 0 aliphatic heterocycles. The van der Waals surface area contributed by atoms with Crippen molar-refractivity contribution in [3.05, 3.63) is 35.4 Å². The molecule has 0 bridgehead atoms. The summed E-state index contributed by atoms with van der Waals surface area (Å²) >= 11 is 0. The second-order valence-corrected chi connectivity index (χ2v) is 5.94. The first-order valence-electron chi connectivity index (χ1n) is 6.72. The molecule has 1 aromatic rings. The molecule has 2 N–H and O–H groups in total. The second-order valence-electron chi connectivity index (χ2n) is 5.94. The van der Waals surface area contributed by atoms with Gasteiger partial charge in [0.2, 0.25) is 5.91 Å². The quantitative estimate of drug-likeness (QED) is 0.889. The van der Waals surface area contributed by atoms with Gasteiger partial charge in [0, 0.05) is 17.9 Å². The van der Waals surface area contributed by atoms with Gasteiger partial charge in [-0.05, 0) is 30.5 Å². The Labute approximate surface area is 117 Å². The minimum absolute atomic E-state index is 0.0325. The Morgan fingerprint density at radius 2 is 2.10 bits per heavy atom. The third-order valence-corrected chi connectivity index (χ3v) is 4.18. The lowest BCUT2D eigenvalue weighted by molar-refractivity contribution is -0.129. The van der Waals surface area contributed by atoms with E-state index in [1.807, 2.05) is 13.8 Å². The molecule has 1 fully saturated rings. The number of halogens is 2. The van der Waals surface area contributed by atoms with Crippen LogP contribution in [0.5, 0.6) is 0 Å². The van der Waals surface area contributed by atoms with Gasteiger partial charge in [0.1, 0.15) is 0 Å². The number of benzene rings is 1. The highest BCUT2D eigenvalue weighted by Crippen LogP contribution is 2.40. The fraction of sp³-hybridized carbons (Fsp3) is 0.533. The predicted molar refractivity (Wildman–Crippen MR) is 71.0 cm³/mol. The maximum atomic E-state index is 13.0. The topological polar surface area (TPSA) is 49.3 Å². The Hall–Kier alpha value is -1.49. The van der Waals surface area contributed by atoms with Crippen LogP contribution in [0.4, 0.5) is 8.78 Å². The molecule has 110 valence electrons. The zero-order valence-electron chi connectivity index (χ0n) is 11.6. The Kier molecular flexibility index (Phi) is 4.09. The van der Waals surface area contributed by atoms with Crippen molar-refractivity contribution in [1.29, 1.82) is 0 Å². The number of hydrogen-bond acceptors (Lipinski definition) is 2. The molecule has 1 saturated carbocycles. The standard InChI is InChI=1S/C15H19F2NO2/c1-15(2)12(8-13(15)19)18-14(20)6-4-9-3-5-10(16)11(17)7-9/h3,5,7,12-13,19H,4,6,8H2,1-2H3,(H,18,20). The van der Waals surface area contributed by atoms with Gasteiger partial charge in [-0.3, -0.25) is 4.79 Å². The van der Waals surface area contributed by atoms with Crippen molar-refractivity contribution < 1.29 is 18.7 Å². The summed E-state index contributed by atoms with van der Waals surface area (Å²) in [5, 5.41) is 12.5. The van der Waals surface area contributed by atoms with Gasteiger partial charge in [0.15, 0.2) is 11.6 Å². The van der Waals surface area contributed by atoms with Crippen LogP contribution in [0.15, 0.2) is 18.2 Å². The lowest BCUT2D eigenvalue weighted by Crippen LogP contribution is -2.61. The lowest BCUT2D eigenvalue weighted by Gasteiger charge is -2.49. The zero-order chi connectivity index (χ0) is 14.9. The summed E-state index contributed by atoms with van der Waals surface area (Å²) in [5.41, 5.74) is 0.282. The fourth-order valence-corrected chi connectivity index (χ4v) is 2.37. The summed E-state index contributed by atoms with van der Waals surface area (Å²) in [5.74, 6) is -1.92. The van der Waals surface area contributed by atoms with Gasteiger partial charge < -0.3 is 10.4 Å². The second kappa shape index (κ2) is 5.48. The number of aryl methyl sites for hydroxylation is 1. The molecule has 0 saturated heterocycles. The van der Waals surface area contributed by atoms with Gasteiger partial charge in [-0.15, -0.1) is 0 Å². The summed E-state index contributed by atoms with van der Waals surface area (Å²) in [4.78, 5) is 11.8. The van der Waals surface area contributed by atoms with E-state index < -0.39 is 11.6 Å². The van der Waals surface area contributed by atoms with E-state index in [1.54, 1.807) is 0 Å². The molecule has 0 radical (unpaired) electrons. The molecule has 0 heterocycles. The number of carbonyl (C=O) groups is 1. The van der Waals surface area contributed by atoms with Crippen LogP contribution < -0.4 is 5.32 Å². The van der Waals surface area contributed by atoms with Crippen molar-refractivity contribution in [3.8, 4) is 0 Å². The molecular formula is C15H19F2NO2. The Bertz CT molecular complexity index is 517. The van der Waals surface area contributed by atoms with Crippen LogP contribution in [0, 0.1) is 17.0 Å². The molecular weight excluding hydrogens is 264 g/mol. The van der Waals surface area contributed by atoms with Crippen LogP contribution in [0.3, 0.4) is 0 Å². The number of rotatable bonds is 4. The van der Waals surface area contributed by atoms with Crippen molar-refractivity contribution in [2.75, 3.05) is 0 Å². The van der Waals surface area contributed by atoms with Crippen LogP contribution in [-0.4, -0.2) is 23.2 Å². The molecule has 20 heavy (non-hydrogen) atoms. The number of hydrogen-bond donors (Lipinski definition) is 2. The highest BCUT2D eigenvalue weighted by Gasteiger charge is 2.47. The SMILES string of the molecule is CC1(C)C(O)CC1NC(=O)CCc1ccc(F)c(F)c1. The van der Waals surface area contributed by atoms with E-state index in [0.717, 1.165) is 12.1 Å². The highest BCUT2D eigenvalue weighted by atomic mass is 19.2. The van der Waals surface area contributed by atoms with Crippen molar-refractivity contribution in [3.63, 3.8) is 0 Å². The number of aliphatic hydroxyl groups is 1. The molecule has 1 aromatic carbocycles. The lowest BCUT2D eigenvalue weighted by atomic mass is 9.64. The monoisotopic (exact) mass is 283 g/mol. The van der Waals surface area contributed by atoms with Crippen LogP contribution in [0.2, 0.25) is 0 Å². The van der Waals surface area contributed by atoms with E-state index in [4.69, 9.17) is 0 Å². The van der Waals surface area contributed by atoms with Gasteiger partial charge in [0.25, 0.3) is 0 Å². The molecule has 3 nitrogen and oxygen atoms in total. The molecule has 5 heteroatoms. The molecule has 0 aromatic heterocycles. The smallest absolute Gasteiger partial charge is 0.220 e. The van der Waals surface area contributed by atoms with Crippen LogP contribution in [0.25, 0.3) is 0 Å². The molecule has 1 aliphatic carbocycles. The number of nitrogens with one attached hydrogen (secondary N) is 1. The van der Waals surface area contributed by atoms with Gasteiger partial charge in [-0.1, -0.05) is 19.9 Å². The summed E-state index contributed by atoms with van der Waals surface area (Å²) in [6.07, 6.45) is 0.745. The summed E-state index contributed by atoms with van der Waals surface area (Å²) < 4.78 is 25.8. The first-order chi connectivity index (χ1) is 9.30. The number of aliphatic hydroxyl groups excluding tert-OH is 1. The minimum Gasteiger partial charge on any atom is -0.392 e. The largest absolute Gasteiger partial charge is 0.392 e. The Morgan fingerprint density at radius 3 is 2.65 bits per heavy atom. The van der Waals surface area contributed by atoms with Crippen LogP contribution >= 0.6 is 0 Å². The van der Waals surface area contributed by atoms with Crippen LogP contribution in [-0.2, 0) is 11.2 Å². The fourth-order valence-electron chi connectivity index (χ4n) is 2.37. The third-order valence-electron chi connectivity index (χ3n) is 4.18. The van der Waals surface area contributed by atoms with Gasteiger partial charge in [-0.25, -0.2) is 8.78 Å². The maximum Gasteiger partial charge on any atom is 0.220 e. The van der Waals surface area contributed by atoms with Gasteiger partial charge in [0.05, 0.1) is 6.10 Å². The summed E-state index contributed by atoms with van der Waals surface area (Å²) in [7, 11) is 0. The van der Waals surface area contributed by atoms with E-state index in [0.29, 0.717) is 18.4 Å². The average Bonchev–Trinajstić information content (AvgIpc) is 2.40. The third kappa shape index (κ3) is 2.98. The first kappa shape index (κ1) is 14.9. The normalized spacial score (nSPS) is 24.1. The number of carbonyl (C=O) groups excluding carboxylic acids is 1. The van der Waals surface area contributed by atoms with Crippen molar-refractivity contribution in [2.45, 2.75) is 45.3 Å². The summed E-state index contributed by atoms with van der Waals surface area (Å²) in [6, 6.07) is 3.62. The minimum atomic E-state index is -0.897. The molecule has 1 aliphatic rings. The van der Waals surface area contributed by atoms with Gasteiger partial charge >= 0.3 is 0 Å². The van der Waals surface area contributed by atoms with Crippen LogP contribution in [0.1, 0.15) is 32.3 Å². The Balaban J connectivity index is 1.82. The van der Waals surface area contributed by atoms with E-state index in [2.05, 4.69) is 5.32 Å². The van der Waals surface area contributed by atoms with Gasteiger partial charge in [-0.2, -0.15) is 0 Å². The molecule has 0 spiro atoms. The van der Waals surface area contributed by atoms with E-state index in [1.165, 1.54) is 6.07 Å². The molecule has 2 unspecified atom stereocenters. The molecule has 1 amide bonds. The Morgan fingerprint density at radius 1 is 1.40 bits per heavy atom.